The van der Waals surface area contributed by atoms with Crippen LogP contribution in [0.2, 0.25) is 0 Å². The van der Waals surface area contributed by atoms with Crippen LogP contribution >= 0.6 is 11.3 Å². The van der Waals surface area contributed by atoms with Gasteiger partial charge in [0.25, 0.3) is 0 Å². The zero-order valence-corrected chi connectivity index (χ0v) is 14.0. The summed E-state index contributed by atoms with van der Waals surface area (Å²) in [5.74, 6) is 0.571. The molecule has 0 bridgehead atoms. The molecule has 0 saturated heterocycles. The van der Waals surface area contributed by atoms with Gasteiger partial charge in [-0.15, -0.1) is 11.3 Å². The molecule has 4 nitrogen and oxygen atoms in total. The highest BCUT2D eigenvalue weighted by Gasteiger charge is 2.08. The predicted octanol–water partition coefficient (Wildman–Crippen LogP) is 3.05. The number of hydrogen-bond donors (Lipinski definition) is 1. The Hall–Kier alpha value is -1.95. The molecular formula is C16H21FN4S. The van der Waals surface area contributed by atoms with Crippen molar-refractivity contribution in [3.05, 3.63) is 51.7 Å². The standard InChI is InChI=1S/C16H21FN4S/c1-4-14-9-19-15(22-14)10-20-16(18-2)21(3)11-12-5-7-13(17)8-6-12/h5-9H,4,10-11H2,1-3H3,(H,18,20). The van der Waals surface area contributed by atoms with Crippen molar-refractivity contribution in [2.24, 2.45) is 4.99 Å². The van der Waals surface area contributed by atoms with Gasteiger partial charge in [-0.05, 0) is 24.1 Å². The third kappa shape index (κ3) is 4.53. The van der Waals surface area contributed by atoms with Crippen LogP contribution in [0, 0.1) is 5.82 Å². The topological polar surface area (TPSA) is 40.5 Å². The minimum Gasteiger partial charge on any atom is -0.350 e. The molecule has 0 aliphatic carbocycles. The van der Waals surface area contributed by atoms with Crippen LogP contribution < -0.4 is 5.32 Å². The molecule has 0 saturated carbocycles. The molecule has 118 valence electrons. The molecule has 0 fully saturated rings. The first-order valence-corrected chi connectivity index (χ1v) is 8.03. The normalized spacial score (nSPS) is 11.5. The van der Waals surface area contributed by atoms with E-state index in [1.807, 2.05) is 18.1 Å². The van der Waals surface area contributed by atoms with Crippen LogP contribution in [-0.2, 0) is 19.5 Å². The zero-order chi connectivity index (χ0) is 15.9. The lowest BCUT2D eigenvalue weighted by molar-refractivity contribution is 0.476. The second-order valence-corrected chi connectivity index (χ2v) is 6.16. The van der Waals surface area contributed by atoms with Gasteiger partial charge in [-0.2, -0.15) is 0 Å². The molecule has 1 heterocycles. The third-order valence-electron chi connectivity index (χ3n) is 3.25. The molecule has 0 aliphatic rings. The summed E-state index contributed by atoms with van der Waals surface area (Å²) in [5.41, 5.74) is 1.04. The van der Waals surface area contributed by atoms with Crippen molar-refractivity contribution >= 4 is 17.3 Å². The van der Waals surface area contributed by atoms with Gasteiger partial charge >= 0.3 is 0 Å². The smallest absolute Gasteiger partial charge is 0.194 e. The van der Waals surface area contributed by atoms with E-state index < -0.39 is 0 Å². The molecule has 2 aromatic rings. The molecule has 22 heavy (non-hydrogen) atoms. The third-order valence-corrected chi connectivity index (χ3v) is 4.40. The summed E-state index contributed by atoms with van der Waals surface area (Å²) >= 11 is 1.71. The van der Waals surface area contributed by atoms with Gasteiger partial charge in [0.2, 0.25) is 0 Å². The fourth-order valence-corrected chi connectivity index (χ4v) is 2.87. The van der Waals surface area contributed by atoms with E-state index in [0.717, 1.165) is 23.0 Å². The van der Waals surface area contributed by atoms with Crippen LogP contribution in [0.15, 0.2) is 35.5 Å². The van der Waals surface area contributed by atoms with Crippen LogP contribution in [0.3, 0.4) is 0 Å². The van der Waals surface area contributed by atoms with E-state index in [4.69, 9.17) is 0 Å². The number of thiazole rings is 1. The summed E-state index contributed by atoms with van der Waals surface area (Å²) < 4.78 is 12.9. The molecule has 1 aromatic heterocycles. The maximum absolute atomic E-state index is 12.9. The minimum absolute atomic E-state index is 0.218. The SMILES string of the molecule is CCc1cnc(CNC(=NC)N(C)Cc2ccc(F)cc2)s1. The average Bonchev–Trinajstić information content (AvgIpc) is 2.98. The van der Waals surface area contributed by atoms with Crippen molar-refractivity contribution in [2.45, 2.75) is 26.4 Å². The van der Waals surface area contributed by atoms with Gasteiger partial charge in [-0.3, -0.25) is 4.99 Å². The Labute approximate surface area is 134 Å². The lowest BCUT2D eigenvalue weighted by atomic mass is 10.2. The molecule has 1 aromatic carbocycles. The fraction of sp³-hybridized carbons (Fsp3) is 0.375. The average molecular weight is 320 g/mol. The van der Waals surface area contributed by atoms with Crippen molar-refractivity contribution < 1.29 is 4.39 Å². The molecule has 2 rings (SSSR count). The number of nitrogens with zero attached hydrogens (tertiary/aromatic N) is 3. The monoisotopic (exact) mass is 320 g/mol. The molecule has 1 N–H and O–H groups in total. The van der Waals surface area contributed by atoms with Crippen molar-refractivity contribution in [3.63, 3.8) is 0 Å². The van der Waals surface area contributed by atoms with Crippen LogP contribution in [0.5, 0.6) is 0 Å². The first kappa shape index (κ1) is 16.4. The Balaban J connectivity index is 1.91. The highest BCUT2D eigenvalue weighted by atomic mass is 32.1. The zero-order valence-electron chi connectivity index (χ0n) is 13.1. The number of hydrogen-bond acceptors (Lipinski definition) is 3. The molecule has 0 amide bonds. The molecular weight excluding hydrogens is 299 g/mol. The lowest BCUT2D eigenvalue weighted by Gasteiger charge is -2.21. The van der Waals surface area contributed by atoms with Crippen molar-refractivity contribution in [2.75, 3.05) is 14.1 Å². The van der Waals surface area contributed by atoms with Gasteiger partial charge in [0, 0.05) is 31.7 Å². The summed E-state index contributed by atoms with van der Waals surface area (Å²) in [6.45, 7) is 3.45. The predicted molar refractivity (Wildman–Crippen MR) is 89.6 cm³/mol. The van der Waals surface area contributed by atoms with E-state index in [1.54, 1.807) is 30.5 Å². The van der Waals surface area contributed by atoms with Crippen LogP contribution in [0.25, 0.3) is 0 Å². The van der Waals surface area contributed by atoms with Crippen molar-refractivity contribution in [3.8, 4) is 0 Å². The number of halogens is 1. The van der Waals surface area contributed by atoms with E-state index in [-0.39, 0.29) is 5.82 Å². The number of rotatable bonds is 5. The van der Waals surface area contributed by atoms with E-state index in [1.165, 1.54) is 17.0 Å². The quantitative estimate of drug-likeness (QED) is 0.680. The van der Waals surface area contributed by atoms with E-state index in [2.05, 4.69) is 22.2 Å². The Kier molecular flexibility index (Phi) is 5.89. The van der Waals surface area contributed by atoms with Gasteiger partial charge < -0.3 is 10.2 Å². The maximum Gasteiger partial charge on any atom is 0.194 e. The minimum atomic E-state index is -0.218. The number of nitrogens with one attached hydrogen (secondary N) is 1. The van der Waals surface area contributed by atoms with Gasteiger partial charge in [0.1, 0.15) is 10.8 Å². The highest BCUT2D eigenvalue weighted by molar-refractivity contribution is 7.11. The highest BCUT2D eigenvalue weighted by Crippen LogP contribution is 2.13. The largest absolute Gasteiger partial charge is 0.350 e. The first-order chi connectivity index (χ1) is 10.6. The van der Waals surface area contributed by atoms with Gasteiger partial charge in [-0.1, -0.05) is 19.1 Å². The number of benzene rings is 1. The molecule has 0 radical (unpaired) electrons. The van der Waals surface area contributed by atoms with Crippen LogP contribution in [-0.4, -0.2) is 29.9 Å². The summed E-state index contributed by atoms with van der Waals surface area (Å²) in [4.78, 5) is 12.0. The van der Waals surface area contributed by atoms with E-state index in [0.29, 0.717) is 13.1 Å². The number of aryl methyl sites for hydroxylation is 1. The number of aromatic nitrogens is 1. The second kappa shape index (κ2) is 7.89. The maximum atomic E-state index is 12.9. The molecule has 0 atom stereocenters. The van der Waals surface area contributed by atoms with Crippen LogP contribution in [0.1, 0.15) is 22.4 Å². The fourth-order valence-electron chi connectivity index (χ4n) is 2.07. The summed E-state index contributed by atoms with van der Waals surface area (Å²) in [7, 11) is 3.71. The number of guanidine groups is 1. The van der Waals surface area contributed by atoms with E-state index >= 15 is 0 Å². The molecule has 0 unspecified atom stereocenters. The van der Waals surface area contributed by atoms with Gasteiger partial charge in [0.05, 0.1) is 6.54 Å². The Morgan fingerprint density at radius 1 is 1.36 bits per heavy atom. The lowest BCUT2D eigenvalue weighted by Crippen LogP contribution is -2.38. The Bertz CT molecular complexity index is 621. The molecule has 6 heteroatoms. The van der Waals surface area contributed by atoms with E-state index in [9.17, 15) is 4.39 Å². The Morgan fingerprint density at radius 2 is 2.09 bits per heavy atom. The summed E-state index contributed by atoms with van der Waals surface area (Å²) in [5, 5.41) is 4.35. The second-order valence-electron chi connectivity index (χ2n) is 4.96. The molecule has 0 spiro atoms. The molecule has 0 aliphatic heterocycles. The number of aliphatic imine (C=N–C) groups is 1. The van der Waals surface area contributed by atoms with Crippen LogP contribution in [0.4, 0.5) is 4.39 Å². The first-order valence-electron chi connectivity index (χ1n) is 7.22. The van der Waals surface area contributed by atoms with Crippen molar-refractivity contribution in [1.29, 1.82) is 0 Å². The van der Waals surface area contributed by atoms with Crippen molar-refractivity contribution in [1.82, 2.24) is 15.2 Å². The summed E-state index contributed by atoms with van der Waals surface area (Å²) in [6.07, 6.45) is 2.93. The Morgan fingerprint density at radius 3 is 2.68 bits per heavy atom. The van der Waals surface area contributed by atoms with Gasteiger partial charge in [-0.25, -0.2) is 9.37 Å². The summed E-state index contributed by atoms with van der Waals surface area (Å²) in [6, 6.07) is 6.52. The van der Waals surface area contributed by atoms with Gasteiger partial charge in [0.15, 0.2) is 5.96 Å².